The molecule has 14 heavy (non-hydrogen) atoms. The third kappa shape index (κ3) is 1.51. The highest BCUT2D eigenvalue weighted by atomic mass is 14.9. The Kier molecular flexibility index (Phi) is 2.27. The summed E-state index contributed by atoms with van der Waals surface area (Å²) in [6, 6.07) is 8.32. The highest BCUT2D eigenvalue weighted by molar-refractivity contribution is 5.85. The Bertz CT molecular complexity index is 403. The molecule has 2 rings (SSSR count). The molecule has 1 aliphatic heterocycles. The van der Waals surface area contributed by atoms with Gasteiger partial charge in [-0.1, -0.05) is 24.3 Å². The third-order valence-electron chi connectivity index (χ3n) is 2.41. The molecule has 0 saturated heterocycles. The molecule has 2 heteroatoms. The molecule has 1 aromatic rings. The quantitative estimate of drug-likeness (QED) is 0.706. The lowest BCUT2D eigenvalue weighted by molar-refractivity contribution is 1.40. The van der Waals surface area contributed by atoms with Gasteiger partial charge < -0.3 is 11.1 Å². The van der Waals surface area contributed by atoms with Crippen LogP contribution in [0.5, 0.6) is 0 Å². The average Bonchev–Trinajstić information content (AvgIpc) is 2.62. The van der Waals surface area contributed by atoms with Crippen molar-refractivity contribution in [3.63, 3.8) is 0 Å². The highest BCUT2D eigenvalue weighted by Crippen LogP contribution is 2.30. The van der Waals surface area contributed by atoms with Gasteiger partial charge in [-0.2, -0.15) is 0 Å². The van der Waals surface area contributed by atoms with Crippen molar-refractivity contribution in [2.75, 3.05) is 11.9 Å². The first-order valence-electron chi connectivity index (χ1n) is 4.73. The van der Waals surface area contributed by atoms with Crippen LogP contribution >= 0.6 is 0 Å². The van der Waals surface area contributed by atoms with Gasteiger partial charge in [-0.05, 0) is 30.3 Å². The van der Waals surface area contributed by atoms with Gasteiger partial charge in [-0.15, -0.1) is 0 Å². The van der Waals surface area contributed by atoms with Crippen LogP contribution in [-0.4, -0.2) is 6.54 Å². The molecular formula is C12H14N2. The Morgan fingerprint density at radius 2 is 2.21 bits per heavy atom. The predicted molar refractivity (Wildman–Crippen MR) is 60.9 cm³/mol. The van der Waals surface area contributed by atoms with E-state index in [2.05, 4.69) is 29.6 Å². The smallest absolute Gasteiger partial charge is 0.0419 e. The molecule has 0 aromatic heterocycles. The van der Waals surface area contributed by atoms with Gasteiger partial charge in [0.2, 0.25) is 0 Å². The van der Waals surface area contributed by atoms with E-state index in [0.717, 1.165) is 12.1 Å². The lowest BCUT2D eigenvalue weighted by atomic mass is 10.1. The van der Waals surface area contributed by atoms with Crippen molar-refractivity contribution in [3.05, 3.63) is 47.7 Å². The van der Waals surface area contributed by atoms with Crippen molar-refractivity contribution in [1.29, 1.82) is 0 Å². The summed E-state index contributed by atoms with van der Waals surface area (Å²) in [7, 11) is 0. The normalized spacial score (nSPS) is 18.1. The first-order valence-corrected chi connectivity index (χ1v) is 4.73. The molecule has 0 fully saturated rings. The predicted octanol–water partition coefficient (Wildman–Crippen LogP) is 2.36. The Morgan fingerprint density at radius 3 is 3.00 bits per heavy atom. The van der Waals surface area contributed by atoms with E-state index in [9.17, 15) is 0 Å². The molecule has 2 nitrogen and oxygen atoms in total. The first-order chi connectivity index (χ1) is 6.81. The van der Waals surface area contributed by atoms with E-state index in [0.29, 0.717) is 0 Å². The van der Waals surface area contributed by atoms with E-state index in [1.807, 2.05) is 13.0 Å². The number of nitrogens with one attached hydrogen (secondary N) is 1. The molecule has 1 heterocycles. The van der Waals surface area contributed by atoms with E-state index in [4.69, 9.17) is 5.73 Å². The van der Waals surface area contributed by atoms with Crippen LogP contribution < -0.4 is 11.1 Å². The molecular weight excluding hydrogens is 172 g/mol. The minimum absolute atomic E-state index is 0.893. The van der Waals surface area contributed by atoms with Gasteiger partial charge in [0.05, 0.1) is 0 Å². The molecule has 0 amide bonds. The molecule has 1 aromatic carbocycles. The SMILES string of the molecule is CC(=C/N)/C=C1\CNc2ccccc21. The molecule has 0 aliphatic carbocycles. The second-order valence-electron chi connectivity index (χ2n) is 3.48. The second kappa shape index (κ2) is 3.58. The topological polar surface area (TPSA) is 38.0 Å². The van der Waals surface area contributed by atoms with E-state index in [1.54, 1.807) is 6.20 Å². The Balaban J connectivity index is 2.39. The average molecular weight is 186 g/mol. The number of fused-ring (bicyclic) bond motifs is 1. The summed E-state index contributed by atoms with van der Waals surface area (Å²) in [4.78, 5) is 0. The van der Waals surface area contributed by atoms with Gasteiger partial charge in [0.15, 0.2) is 0 Å². The number of hydrogen-bond acceptors (Lipinski definition) is 2. The van der Waals surface area contributed by atoms with E-state index >= 15 is 0 Å². The Morgan fingerprint density at radius 1 is 1.43 bits per heavy atom. The summed E-state index contributed by atoms with van der Waals surface area (Å²) in [5.74, 6) is 0. The maximum Gasteiger partial charge on any atom is 0.0419 e. The minimum Gasteiger partial charge on any atom is -0.404 e. The lowest BCUT2D eigenvalue weighted by Crippen LogP contribution is -1.92. The minimum atomic E-state index is 0.893. The first kappa shape index (κ1) is 8.88. The maximum absolute atomic E-state index is 5.44. The van der Waals surface area contributed by atoms with Crippen LogP contribution in [0.15, 0.2) is 42.1 Å². The number of benzene rings is 1. The molecule has 0 bridgehead atoms. The molecule has 0 atom stereocenters. The van der Waals surface area contributed by atoms with E-state index < -0.39 is 0 Å². The van der Waals surface area contributed by atoms with Gasteiger partial charge in [0.25, 0.3) is 0 Å². The summed E-state index contributed by atoms with van der Waals surface area (Å²) in [6.07, 6.45) is 3.76. The second-order valence-corrected chi connectivity index (χ2v) is 3.48. The summed E-state index contributed by atoms with van der Waals surface area (Å²) < 4.78 is 0. The number of hydrogen-bond donors (Lipinski definition) is 2. The molecule has 0 saturated carbocycles. The molecule has 1 aliphatic rings. The monoisotopic (exact) mass is 186 g/mol. The summed E-state index contributed by atoms with van der Waals surface area (Å²) in [5, 5.41) is 3.34. The molecule has 0 spiro atoms. The van der Waals surface area contributed by atoms with E-state index in [1.165, 1.54) is 16.8 Å². The fourth-order valence-electron chi connectivity index (χ4n) is 1.65. The third-order valence-corrected chi connectivity index (χ3v) is 2.41. The zero-order chi connectivity index (χ0) is 9.97. The van der Waals surface area contributed by atoms with Crippen molar-refractivity contribution in [1.82, 2.24) is 0 Å². The summed E-state index contributed by atoms with van der Waals surface area (Å²) in [6.45, 7) is 2.90. The van der Waals surface area contributed by atoms with Crippen LogP contribution in [0.2, 0.25) is 0 Å². The van der Waals surface area contributed by atoms with Crippen LogP contribution in [0.3, 0.4) is 0 Å². The van der Waals surface area contributed by atoms with Crippen LogP contribution in [0.1, 0.15) is 12.5 Å². The number of nitrogens with two attached hydrogens (primary N) is 1. The highest BCUT2D eigenvalue weighted by Gasteiger charge is 2.13. The van der Waals surface area contributed by atoms with Crippen molar-refractivity contribution >= 4 is 11.3 Å². The van der Waals surface area contributed by atoms with Crippen LogP contribution in [0.25, 0.3) is 5.57 Å². The van der Waals surface area contributed by atoms with Gasteiger partial charge in [-0.25, -0.2) is 0 Å². The van der Waals surface area contributed by atoms with Crippen molar-refractivity contribution in [2.24, 2.45) is 5.73 Å². The van der Waals surface area contributed by atoms with E-state index in [-0.39, 0.29) is 0 Å². The van der Waals surface area contributed by atoms with Gasteiger partial charge >= 0.3 is 0 Å². The Hall–Kier alpha value is -1.70. The van der Waals surface area contributed by atoms with Gasteiger partial charge in [0, 0.05) is 17.8 Å². The van der Waals surface area contributed by atoms with Crippen molar-refractivity contribution < 1.29 is 0 Å². The van der Waals surface area contributed by atoms with Crippen LogP contribution in [0, 0.1) is 0 Å². The zero-order valence-corrected chi connectivity index (χ0v) is 8.25. The van der Waals surface area contributed by atoms with Gasteiger partial charge in [0.1, 0.15) is 0 Å². The van der Waals surface area contributed by atoms with Crippen LogP contribution in [-0.2, 0) is 0 Å². The maximum atomic E-state index is 5.44. The number of para-hydroxylation sites is 1. The van der Waals surface area contributed by atoms with Crippen molar-refractivity contribution in [3.8, 4) is 0 Å². The standard InChI is InChI=1S/C12H14N2/c1-9(7-13)6-10-8-14-12-5-3-2-4-11(10)12/h2-7,14H,8,13H2,1H3/b9-7-,10-6+. The number of anilines is 1. The molecule has 72 valence electrons. The molecule has 0 radical (unpaired) electrons. The number of allylic oxidation sites excluding steroid dienone is 2. The molecule has 3 N–H and O–H groups in total. The van der Waals surface area contributed by atoms with Crippen LogP contribution in [0.4, 0.5) is 5.69 Å². The fraction of sp³-hybridized carbons (Fsp3) is 0.167. The summed E-state index contributed by atoms with van der Waals surface area (Å²) in [5.41, 5.74) is 10.3. The Labute approximate surface area is 84.1 Å². The molecule has 0 unspecified atom stereocenters. The number of rotatable bonds is 1. The largest absolute Gasteiger partial charge is 0.404 e. The fourth-order valence-corrected chi connectivity index (χ4v) is 1.65. The zero-order valence-electron chi connectivity index (χ0n) is 8.25. The summed E-state index contributed by atoms with van der Waals surface area (Å²) >= 11 is 0. The lowest BCUT2D eigenvalue weighted by Gasteiger charge is -1.98. The van der Waals surface area contributed by atoms with Crippen molar-refractivity contribution in [2.45, 2.75) is 6.92 Å². The van der Waals surface area contributed by atoms with Gasteiger partial charge in [-0.3, -0.25) is 0 Å².